The van der Waals surface area contributed by atoms with Gasteiger partial charge in [-0.1, -0.05) is 35.9 Å². The topological polar surface area (TPSA) is 41.3 Å². The predicted molar refractivity (Wildman–Crippen MR) is 83.6 cm³/mol. The van der Waals surface area contributed by atoms with Crippen molar-refractivity contribution in [3.63, 3.8) is 0 Å². The van der Waals surface area contributed by atoms with E-state index < -0.39 is 5.60 Å². The second-order valence-corrected chi connectivity index (χ2v) is 6.29. The molecule has 1 atom stereocenters. The van der Waals surface area contributed by atoms with Gasteiger partial charge in [-0.25, -0.2) is 0 Å². The van der Waals surface area contributed by atoms with Crippen LogP contribution >= 0.6 is 11.6 Å². The summed E-state index contributed by atoms with van der Waals surface area (Å²) in [5.41, 5.74) is 1.84. The molecule has 0 spiro atoms. The van der Waals surface area contributed by atoms with Crippen molar-refractivity contribution in [2.24, 2.45) is 0 Å². The molecular formula is C16H20ClN3O. The monoisotopic (exact) mass is 305 g/mol. The fraction of sp³-hybridized carbons (Fsp3) is 0.438. The lowest BCUT2D eigenvalue weighted by Gasteiger charge is -2.26. The summed E-state index contributed by atoms with van der Waals surface area (Å²) in [5.74, 6) is 0. The maximum atomic E-state index is 11.3. The molecule has 1 heterocycles. The molecule has 2 aromatic rings. The van der Waals surface area contributed by atoms with Crippen molar-refractivity contribution in [3.05, 3.63) is 52.3 Å². The van der Waals surface area contributed by atoms with E-state index in [2.05, 4.69) is 16.1 Å². The minimum absolute atomic E-state index is 0.535. The molecule has 1 aromatic carbocycles. The molecule has 3 rings (SSSR count). The summed E-state index contributed by atoms with van der Waals surface area (Å²) in [7, 11) is 4.04. The van der Waals surface area contributed by atoms with Crippen LogP contribution in [0.2, 0.25) is 5.02 Å². The summed E-state index contributed by atoms with van der Waals surface area (Å²) in [4.78, 5) is 2.09. The summed E-state index contributed by atoms with van der Waals surface area (Å²) in [6.07, 6.45) is 3.15. The lowest BCUT2D eigenvalue weighted by atomic mass is 9.92. The molecule has 0 amide bonds. The van der Waals surface area contributed by atoms with Crippen LogP contribution in [-0.2, 0) is 18.6 Å². The molecule has 1 aromatic heterocycles. The molecule has 1 N–H and O–H groups in total. The molecule has 5 heteroatoms. The molecule has 112 valence electrons. The van der Waals surface area contributed by atoms with Crippen molar-refractivity contribution < 1.29 is 5.11 Å². The van der Waals surface area contributed by atoms with Gasteiger partial charge in [0.25, 0.3) is 0 Å². The number of aliphatic hydroxyl groups is 1. The third-order valence-electron chi connectivity index (χ3n) is 4.16. The van der Waals surface area contributed by atoms with Gasteiger partial charge in [0.05, 0.1) is 23.5 Å². The fourth-order valence-electron chi connectivity index (χ4n) is 3.08. The quantitative estimate of drug-likeness (QED) is 0.942. The summed E-state index contributed by atoms with van der Waals surface area (Å²) in [6, 6.07) is 8.03. The van der Waals surface area contributed by atoms with Crippen molar-refractivity contribution in [1.82, 2.24) is 14.7 Å². The lowest BCUT2D eigenvalue weighted by Crippen LogP contribution is -2.30. The summed E-state index contributed by atoms with van der Waals surface area (Å²) in [5, 5.41) is 16.2. The summed E-state index contributed by atoms with van der Waals surface area (Å²) >= 11 is 6.34. The molecule has 4 nitrogen and oxygen atoms in total. The number of rotatable bonds is 4. The summed E-state index contributed by atoms with van der Waals surface area (Å²) < 4.78 is 1.84. The second-order valence-electron chi connectivity index (χ2n) is 5.88. The van der Waals surface area contributed by atoms with Gasteiger partial charge in [0, 0.05) is 6.54 Å². The van der Waals surface area contributed by atoms with Crippen molar-refractivity contribution in [2.75, 3.05) is 20.6 Å². The maximum Gasteiger partial charge on any atom is 0.133 e. The van der Waals surface area contributed by atoms with Crippen LogP contribution in [0.3, 0.4) is 0 Å². The smallest absolute Gasteiger partial charge is 0.133 e. The first-order valence-electron chi connectivity index (χ1n) is 7.19. The fourth-order valence-corrected chi connectivity index (χ4v) is 3.37. The highest BCUT2D eigenvalue weighted by atomic mass is 35.5. The van der Waals surface area contributed by atoms with E-state index in [0.29, 0.717) is 18.0 Å². The summed E-state index contributed by atoms with van der Waals surface area (Å²) in [6.45, 7) is 1.56. The molecule has 0 bridgehead atoms. The van der Waals surface area contributed by atoms with Gasteiger partial charge in [-0.3, -0.25) is 4.68 Å². The Hall–Kier alpha value is -1.36. The predicted octanol–water partition coefficient (Wildman–Crippen LogP) is 2.28. The number of nitrogens with zero attached hydrogens (tertiary/aromatic N) is 3. The van der Waals surface area contributed by atoms with Crippen LogP contribution < -0.4 is 0 Å². The molecule has 1 aliphatic carbocycles. The second kappa shape index (κ2) is 5.44. The van der Waals surface area contributed by atoms with Gasteiger partial charge in [0.15, 0.2) is 0 Å². The number of benzene rings is 1. The molecule has 1 unspecified atom stereocenters. The van der Waals surface area contributed by atoms with Gasteiger partial charge in [0.2, 0.25) is 0 Å². The van der Waals surface area contributed by atoms with Crippen LogP contribution in [0.15, 0.2) is 30.5 Å². The first-order chi connectivity index (χ1) is 10.0. The third kappa shape index (κ3) is 2.48. The number of aromatic nitrogens is 2. The van der Waals surface area contributed by atoms with Crippen LogP contribution in [-0.4, -0.2) is 40.4 Å². The van der Waals surface area contributed by atoms with Crippen LogP contribution in [0.5, 0.6) is 0 Å². The molecule has 1 aliphatic rings. The van der Waals surface area contributed by atoms with Crippen molar-refractivity contribution in [2.45, 2.75) is 25.0 Å². The van der Waals surface area contributed by atoms with Gasteiger partial charge in [-0.2, -0.15) is 5.10 Å². The molecule has 0 saturated heterocycles. The largest absolute Gasteiger partial charge is 0.379 e. The Morgan fingerprint density at radius 1 is 1.38 bits per heavy atom. The molecule has 0 saturated carbocycles. The van der Waals surface area contributed by atoms with Gasteiger partial charge in [0.1, 0.15) is 5.60 Å². The maximum absolute atomic E-state index is 11.3. The number of aryl methyl sites for hydroxylation is 1. The lowest BCUT2D eigenvalue weighted by molar-refractivity contribution is 0.0723. The number of likely N-dealkylation sites (N-methyl/N-ethyl adjacent to an activating group) is 1. The highest BCUT2D eigenvalue weighted by Gasteiger charge is 2.42. The first-order valence-corrected chi connectivity index (χ1v) is 7.57. The Balaban J connectivity index is 2.03. The van der Waals surface area contributed by atoms with Crippen molar-refractivity contribution >= 4 is 11.6 Å². The number of hydrogen-bond acceptors (Lipinski definition) is 3. The number of halogens is 1. The van der Waals surface area contributed by atoms with Gasteiger partial charge in [-0.05, 0) is 38.1 Å². The van der Waals surface area contributed by atoms with E-state index in [9.17, 15) is 5.11 Å². The third-order valence-corrected chi connectivity index (χ3v) is 4.44. The number of hydrogen-bond donors (Lipinski definition) is 1. The Labute approximate surface area is 130 Å². The Bertz CT molecular complexity index is 653. The van der Waals surface area contributed by atoms with E-state index in [4.69, 9.17) is 11.6 Å². The minimum Gasteiger partial charge on any atom is -0.379 e. The van der Waals surface area contributed by atoms with E-state index in [1.807, 2.05) is 37.0 Å². The van der Waals surface area contributed by atoms with Crippen LogP contribution in [0.25, 0.3) is 0 Å². The molecule has 0 aliphatic heterocycles. The molecule has 21 heavy (non-hydrogen) atoms. The Kier molecular flexibility index (Phi) is 3.78. The Morgan fingerprint density at radius 3 is 2.90 bits per heavy atom. The Morgan fingerprint density at radius 2 is 2.14 bits per heavy atom. The van der Waals surface area contributed by atoms with E-state index in [0.717, 1.165) is 24.2 Å². The zero-order valence-electron chi connectivity index (χ0n) is 12.4. The first kappa shape index (κ1) is 14.6. The van der Waals surface area contributed by atoms with Crippen molar-refractivity contribution in [1.29, 1.82) is 0 Å². The van der Waals surface area contributed by atoms with E-state index >= 15 is 0 Å². The van der Waals surface area contributed by atoms with Crippen molar-refractivity contribution in [3.8, 4) is 0 Å². The van der Waals surface area contributed by atoms with E-state index in [1.54, 1.807) is 6.20 Å². The molecule has 0 radical (unpaired) electrons. The van der Waals surface area contributed by atoms with Gasteiger partial charge < -0.3 is 10.0 Å². The molecule has 0 fully saturated rings. The molecular weight excluding hydrogens is 286 g/mol. The number of fused-ring (bicyclic) bond motifs is 1. The van der Waals surface area contributed by atoms with Gasteiger partial charge >= 0.3 is 0 Å². The normalized spacial score (nSPS) is 21.0. The van der Waals surface area contributed by atoms with Crippen LogP contribution in [0, 0.1) is 0 Å². The van der Waals surface area contributed by atoms with E-state index in [1.165, 1.54) is 5.56 Å². The highest BCUT2D eigenvalue weighted by molar-refractivity contribution is 6.31. The standard InChI is InChI=1S/C16H20ClN3O/c1-19(2)9-10-20-15(14(17)11-18-20)16(21)8-7-12-5-3-4-6-13(12)16/h3-6,11,21H,7-10H2,1-2H3. The van der Waals surface area contributed by atoms with E-state index in [-0.39, 0.29) is 0 Å². The highest BCUT2D eigenvalue weighted by Crippen LogP contribution is 2.44. The zero-order valence-corrected chi connectivity index (χ0v) is 13.1. The van der Waals surface area contributed by atoms with Gasteiger partial charge in [-0.15, -0.1) is 0 Å². The van der Waals surface area contributed by atoms with Crippen LogP contribution in [0.4, 0.5) is 0 Å². The van der Waals surface area contributed by atoms with Crippen LogP contribution in [0.1, 0.15) is 23.2 Å². The average Bonchev–Trinajstić information content (AvgIpc) is 2.99. The average molecular weight is 306 g/mol. The minimum atomic E-state index is -1.03. The zero-order chi connectivity index (χ0) is 15.0. The SMILES string of the molecule is CN(C)CCn1ncc(Cl)c1C1(O)CCc2ccccc21.